The number of amides is 1. The lowest BCUT2D eigenvalue weighted by Gasteiger charge is -2.41. The van der Waals surface area contributed by atoms with Crippen LogP contribution in [0, 0.1) is 5.92 Å². The Morgan fingerprint density at radius 3 is 2.47 bits per heavy atom. The fraction of sp³-hybridized carbons (Fsp3) is 0.265. The molecule has 0 aliphatic carbocycles. The van der Waals surface area contributed by atoms with Crippen molar-refractivity contribution in [1.29, 1.82) is 0 Å². The number of carbonyl (C=O) groups is 1. The first kappa shape index (κ1) is 30.6. The lowest BCUT2D eigenvalue weighted by molar-refractivity contribution is -0.268. The molecule has 1 fully saturated rings. The van der Waals surface area contributed by atoms with Gasteiger partial charge in [0.2, 0.25) is 5.16 Å². The molecule has 5 aromatic rings. The van der Waals surface area contributed by atoms with Crippen LogP contribution in [0.4, 0.5) is 0 Å². The number of aromatic nitrogens is 5. The lowest BCUT2D eigenvalue weighted by atomic mass is 9.91. The molecule has 45 heavy (non-hydrogen) atoms. The second kappa shape index (κ2) is 14.1. The highest BCUT2D eigenvalue weighted by Crippen LogP contribution is 2.43. The van der Waals surface area contributed by atoms with E-state index >= 15 is 0 Å². The molecule has 6 rings (SSSR count). The van der Waals surface area contributed by atoms with E-state index in [0.717, 1.165) is 38.5 Å². The molecule has 230 valence electrons. The number of hydrogen-bond donors (Lipinski definition) is 2. The average Bonchev–Trinajstić information content (AvgIpc) is 3.51. The number of aliphatic hydroxyl groups excluding tert-OH is 1. The Kier molecular flexibility index (Phi) is 9.61. The van der Waals surface area contributed by atoms with Crippen LogP contribution in [-0.4, -0.2) is 48.1 Å². The van der Waals surface area contributed by atoms with E-state index in [9.17, 15) is 9.90 Å². The third-order valence-electron chi connectivity index (χ3n) is 7.96. The van der Waals surface area contributed by atoms with Crippen molar-refractivity contribution >= 4 is 17.7 Å². The Morgan fingerprint density at radius 1 is 0.978 bits per heavy atom. The zero-order chi connectivity index (χ0) is 31.2. The molecule has 10 nitrogen and oxygen atoms in total. The number of ether oxygens (including phenoxy) is 2. The highest BCUT2D eigenvalue weighted by Gasteiger charge is 2.38. The van der Waals surface area contributed by atoms with Gasteiger partial charge in [0.15, 0.2) is 6.29 Å². The number of hydrogen-bond acceptors (Lipinski definition) is 9. The predicted octanol–water partition coefficient (Wildman–Crippen LogP) is 5.28. The van der Waals surface area contributed by atoms with Crippen LogP contribution in [0.15, 0.2) is 102 Å². The molecule has 0 spiro atoms. The second-order valence-electron chi connectivity index (χ2n) is 10.9. The maximum Gasteiger partial charge on any atom is 0.253 e. The molecule has 11 heteroatoms. The summed E-state index contributed by atoms with van der Waals surface area (Å²) in [5, 5.41) is 25.1. The van der Waals surface area contributed by atoms with Gasteiger partial charge in [0.1, 0.15) is 0 Å². The van der Waals surface area contributed by atoms with Crippen molar-refractivity contribution in [2.45, 2.75) is 43.7 Å². The van der Waals surface area contributed by atoms with Crippen molar-refractivity contribution in [2.24, 2.45) is 13.0 Å². The number of carbonyl (C=O) groups excluding carboxylic acids is 1. The van der Waals surface area contributed by atoms with Crippen LogP contribution in [-0.2, 0) is 29.7 Å². The quantitative estimate of drug-likeness (QED) is 0.200. The molecule has 1 aliphatic heterocycles. The van der Waals surface area contributed by atoms with Crippen LogP contribution in [0.3, 0.4) is 0 Å². The molecule has 0 bridgehead atoms. The molecule has 2 N–H and O–H groups in total. The maximum atomic E-state index is 12.6. The molecule has 0 saturated carbocycles. The summed E-state index contributed by atoms with van der Waals surface area (Å²) in [6, 6.07) is 27.6. The van der Waals surface area contributed by atoms with Gasteiger partial charge in [-0.25, -0.2) is 4.68 Å². The number of aliphatic hydroxyl groups is 1. The smallest absolute Gasteiger partial charge is 0.253 e. The number of aryl methyl sites for hydroxylation is 1. The maximum absolute atomic E-state index is 12.6. The monoisotopic (exact) mass is 622 g/mol. The van der Waals surface area contributed by atoms with Gasteiger partial charge in [-0.1, -0.05) is 91.5 Å². The zero-order valence-corrected chi connectivity index (χ0v) is 25.8. The minimum Gasteiger partial charge on any atom is -0.392 e. The summed E-state index contributed by atoms with van der Waals surface area (Å²) in [6.07, 6.45) is 2.25. The minimum absolute atomic E-state index is 0.00948. The van der Waals surface area contributed by atoms with Gasteiger partial charge in [0.25, 0.3) is 5.91 Å². The third-order valence-corrected chi connectivity index (χ3v) is 9.05. The van der Waals surface area contributed by atoms with Crippen molar-refractivity contribution in [1.82, 2.24) is 30.5 Å². The molecule has 4 atom stereocenters. The Bertz CT molecular complexity index is 1720. The molecular weight excluding hydrogens is 588 g/mol. The zero-order valence-electron chi connectivity index (χ0n) is 25.0. The number of benzene rings is 3. The van der Waals surface area contributed by atoms with Crippen molar-refractivity contribution in [3.8, 4) is 11.1 Å². The van der Waals surface area contributed by atoms with Gasteiger partial charge in [0, 0.05) is 43.2 Å². The van der Waals surface area contributed by atoms with Gasteiger partial charge in [-0.3, -0.25) is 9.78 Å². The summed E-state index contributed by atoms with van der Waals surface area (Å²) >= 11 is 1.55. The summed E-state index contributed by atoms with van der Waals surface area (Å²) < 4.78 is 14.9. The van der Waals surface area contributed by atoms with Gasteiger partial charge < -0.3 is 19.9 Å². The summed E-state index contributed by atoms with van der Waals surface area (Å²) in [5.74, 6) is 0.525. The third kappa shape index (κ3) is 7.12. The fourth-order valence-corrected chi connectivity index (χ4v) is 6.37. The van der Waals surface area contributed by atoms with Crippen molar-refractivity contribution in [3.05, 3.63) is 125 Å². The SMILES string of the molecule is C[C@H]1[C@@H](CSc2nnnn2C)O[C@@H](c2ccc(-c3ccccc3CNC(=O)c3cccnc3)cc2)O[C@H]1c1ccc(CO)cc1. The van der Waals surface area contributed by atoms with E-state index < -0.39 is 6.29 Å². The highest BCUT2D eigenvalue weighted by atomic mass is 32.2. The largest absolute Gasteiger partial charge is 0.392 e. The van der Waals surface area contributed by atoms with Crippen LogP contribution in [0.25, 0.3) is 11.1 Å². The van der Waals surface area contributed by atoms with Crippen molar-refractivity contribution in [2.75, 3.05) is 5.75 Å². The van der Waals surface area contributed by atoms with Gasteiger partial charge in [-0.2, -0.15) is 0 Å². The van der Waals surface area contributed by atoms with E-state index in [1.54, 1.807) is 41.0 Å². The Balaban J connectivity index is 1.21. The number of rotatable bonds is 10. The van der Waals surface area contributed by atoms with E-state index in [-0.39, 0.29) is 30.6 Å². The Morgan fingerprint density at radius 2 is 1.76 bits per heavy atom. The highest BCUT2D eigenvalue weighted by molar-refractivity contribution is 7.99. The van der Waals surface area contributed by atoms with Gasteiger partial charge >= 0.3 is 0 Å². The van der Waals surface area contributed by atoms with E-state index in [4.69, 9.17) is 9.47 Å². The molecule has 3 aromatic carbocycles. The predicted molar refractivity (Wildman–Crippen MR) is 170 cm³/mol. The topological polar surface area (TPSA) is 124 Å². The van der Waals surface area contributed by atoms with Gasteiger partial charge in [-0.05, 0) is 50.4 Å². The molecule has 0 radical (unpaired) electrons. The van der Waals surface area contributed by atoms with Crippen LogP contribution in [0.5, 0.6) is 0 Å². The minimum atomic E-state index is -0.588. The van der Waals surface area contributed by atoms with E-state index in [2.05, 4.69) is 50.9 Å². The summed E-state index contributed by atoms with van der Waals surface area (Å²) in [6.45, 7) is 2.51. The number of pyridine rings is 1. The standard InChI is InChI=1S/C34H34N6O4S/c1-22-30(21-45-34-37-38-39-40(34)2)43-33(44-31(22)25-11-9-23(20-41)10-12-25)26-15-13-24(14-16-26)29-8-4-3-6-27(29)19-36-32(42)28-7-5-17-35-18-28/h3-18,22,30-31,33,41H,19-21H2,1-2H3,(H,36,42)/t22-,30+,31+,33+/m0/s1. The first-order chi connectivity index (χ1) is 22.0. The van der Waals surface area contributed by atoms with Gasteiger partial charge in [0.05, 0.1) is 24.4 Å². The van der Waals surface area contributed by atoms with Crippen LogP contribution in [0.2, 0.25) is 0 Å². The van der Waals surface area contributed by atoms with Crippen LogP contribution < -0.4 is 5.32 Å². The Labute approximate surface area is 265 Å². The van der Waals surface area contributed by atoms with Crippen LogP contribution in [0.1, 0.15) is 51.9 Å². The Hall–Kier alpha value is -4.42. The van der Waals surface area contributed by atoms with Crippen LogP contribution >= 0.6 is 11.8 Å². The molecule has 2 aromatic heterocycles. The number of nitrogens with zero attached hydrogens (tertiary/aromatic N) is 5. The normalized spacial score (nSPS) is 19.7. The number of thioether (sulfide) groups is 1. The molecule has 1 amide bonds. The van der Waals surface area contributed by atoms with Crippen molar-refractivity contribution < 1.29 is 19.4 Å². The van der Waals surface area contributed by atoms with E-state index in [1.807, 2.05) is 61.6 Å². The molecule has 3 heterocycles. The molecular formula is C34H34N6O4S. The summed E-state index contributed by atoms with van der Waals surface area (Å²) in [5.41, 5.74) is 6.36. The summed E-state index contributed by atoms with van der Waals surface area (Å²) in [7, 11) is 1.82. The van der Waals surface area contributed by atoms with Crippen molar-refractivity contribution in [3.63, 3.8) is 0 Å². The van der Waals surface area contributed by atoms with E-state index in [0.29, 0.717) is 17.9 Å². The van der Waals surface area contributed by atoms with E-state index in [1.165, 1.54) is 0 Å². The molecule has 0 unspecified atom stereocenters. The lowest BCUT2D eigenvalue weighted by Crippen LogP contribution is -2.38. The molecule has 1 saturated heterocycles. The molecule has 1 aliphatic rings. The number of tetrazole rings is 1. The summed E-state index contributed by atoms with van der Waals surface area (Å²) in [4.78, 5) is 16.7. The first-order valence-electron chi connectivity index (χ1n) is 14.7. The number of nitrogens with one attached hydrogen (secondary N) is 1. The first-order valence-corrected chi connectivity index (χ1v) is 15.7. The second-order valence-corrected chi connectivity index (χ2v) is 11.9. The van der Waals surface area contributed by atoms with Gasteiger partial charge in [-0.15, -0.1) is 5.10 Å². The average molecular weight is 623 g/mol. The fourth-order valence-electron chi connectivity index (χ4n) is 5.36.